The van der Waals surface area contributed by atoms with Gasteiger partial charge >= 0.3 is 18.1 Å². The van der Waals surface area contributed by atoms with E-state index in [0.29, 0.717) is 6.42 Å². The Morgan fingerprint density at radius 3 is 2.23 bits per heavy atom. The van der Waals surface area contributed by atoms with E-state index in [0.717, 1.165) is 5.56 Å². The molecule has 0 spiro atoms. The minimum Gasteiger partial charge on any atom is -0.480 e. The van der Waals surface area contributed by atoms with Gasteiger partial charge < -0.3 is 31.5 Å². The first-order valence-corrected chi connectivity index (χ1v) is 9.58. The van der Waals surface area contributed by atoms with Gasteiger partial charge in [-0.05, 0) is 39.2 Å². The molecule has 10 heteroatoms. The first-order chi connectivity index (χ1) is 14.0. The van der Waals surface area contributed by atoms with Crippen LogP contribution in [0.1, 0.15) is 39.2 Å². The summed E-state index contributed by atoms with van der Waals surface area (Å²) in [7, 11) is 0. The predicted molar refractivity (Wildman–Crippen MR) is 110 cm³/mol. The Morgan fingerprint density at radius 2 is 1.70 bits per heavy atom. The van der Waals surface area contributed by atoms with E-state index in [1.165, 1.54) is 0 Å². The number of hydrogen-bond acceptors (Lipinski definition) is 5. The molecule has 0 heterocycles. The van der Waals surface area contributed by atoms with Gasteiger partial charge in [-0.3, -0.25) is 4.79 Å². The van der Waals surface area contributed by atoms with Gasteiger partial charge in [0.1, 0.15) is 17.7 Å². The molecule has 0 saturated carbocycles. The van der Waals surface area contributed by atoms with Crippen molar-refractivity contribution in [3.63, 3.8) is 0 Å². The first-order valence-electron chi connectivity index (χ1n) is 9.58. The zero-order valence-corrected chi connectivity index (χ0v) is 17.4. The lowest BCUT2D eigenvalue weighted by atomic mass is 10.0. The number of urea groups is 1. The Hall–Kier alpha value is -3.30. The zero-order chi connectivity index (χ0) is 22.7. The molecule has 4 amide bonds. The number of carbonyl (C=O) groups is 4. The molecule has 1 aromatic carbocycles. The van der Waals surface area contributed by atoms with Crippen LogP contribution in [0.4, 0.5) is 9.59 Å². The van der Waals surface area contributed by atoms with E-state index in [4.69, 9.17) is 10.5 Å². The smallest absolute Gasteiger partial charge is 0.408 e. The largest absolute Gasteiger partial charge is 0.480 e. The van der Waals surface area contributed by atoms with Gasteiger partial charge in [0.15, 0.2) is 0 Å². The third kappa shape index (κ3) is 10.3. The summed E-state index contributed by atoms with van der Waals surface area (Å²) >= 11 is 0. The number of primary amides is 1. The fourth-order valence-corrected chi connectivity index (χ4v) is 2.56. The lowest BCUT2D eigenvalue weighted by Crippen LogP contribution is -2.53. The number of aliphatic carboxylic acids is 1. The summed E-state index contributed by atoms with van der Waals surface area (Å²) in [5.41, 5.74) is 4.99. The maximum Gasteiger partial charge on any atom is 0.408 e. The number of nitrogens with one attached hydrogen (secondary N) is 3. The number of alkyl carbamates (subject to hydrolysis) is 1. The first kappa shape index (κ1) is 24.7. The van der Waals surface area contributed by atoms with Gasteiger partial charge in [0.05, 0.1) is 0 Å². The third-order valence-corrected chi connectivity index (χ3v) is 3.87. The van der Waals surface area contributed by atoms with Crippen molar-refractivity contribution in [3.05, 3.63) is 35.9 Å². The van der Waals surface area contributed by atoms with E-state index in [2.05, 4.69) is 16.0 Å². The molecule has 0 fully saturated rings. The molecule has 10 nitrogen and oxygen atoms in total. The van der Waals surface area contributed by atoms with Gasteiger partial charge in [-0.1, -0.05) is 30.3 Å². The number of rotatable bonds is 10. The quantitative estimate of drug-likeness (QED) is 0.355. The normalized spacial score (nSPS) is 12.9. The standard InChI is InChI=1S/C20H30N4O6/c1-20(2,3)30-19(29)24-15(12-13-8-5-4-6-9-13)16(25)23-14(17(26)27)10-7-11-22-18(21)28/h4-6,8-9,14-15H,7,10-12H2,1-3H3,(H,23,25)(H,24,29)(H,26,27)(H3,21,22,28). The summed E-state index contributed by atoms with van der Waals surface area (Å²) in [4.78, 5) is 47.2. The predicted octanol–water partition coefficient (Wildman–Crippen LogP) is 1.14. The monoisotopic (exact) mass is 422 g/mol. The van der Waals surface area contributed by atoms with Gasteiger partial charge in [0.25, 0.3) is 0 Å². The molecule has 1 rings (SSSR count). The average Bonchev–Trinajstić information content (AvgIpc) is 2.62. The maximum absolute atomic E-state index is 12.8. The number of carboxylic acid groups (broad SMARTS) is 1. The van der Waals surface area contributed by atoms with Crippen molar-refractivity contribution in [2.75, 3.05) is 6.54 Å². The van der Waals surface area contributed by atoms with Crippen LogP contribution in [0.25, 0.3) is 0 Å². The van der Waals surface area contributed by atoms with E-state index >= 15 is 0 Å². The number of carboxylic acids is 1. The molecule has 0 saturated heterocycles. The topological polar surface area (TPSA) is 160 Å². The molecule has 2 atom stereocenters. The van der Waals surface area contributed by atoms with Crippen molar-refractivity contribution in [2.45, 2.75) is 57.7 Å². The number of nitrogens with two attached hydrogens (primary N) is 1. The molecule has 0 aliphatic rings. The summed E-state index contributed by atoms with van der Waals surface area (Å²) in [5, 5.41) is 16.7. The molecule has 166 valence electrons. The van der Waals surface area contributed by atoms with Crippen LogP contribution in [0.5, 0.6) is 0 Å². The Kier molecular flexibility index (Phi) is 9.60. The number of carbonyl (C=O) groups excluding carboxylic acids is 3. The fourth-order valence-electron chi connectivity index (χ4n) is 2.56. The zero-order valence-electron chi connectivity index (χ0n) is 17.4. The lowest BCUT2D eigenvalue weighted by Gasteiger charge is -2.24. The number of hydrogen-bond donors (Lipinski definition) is 5. The highest BCUT2D eigenvalue weighted by Crippen LogP contribution is 2.09. The van der Waals surface area contributed by atoms with Crippen LogP contribution >= 0.6 is 0 Å². The highest BCUT2D eigenvalue weighted by Gasteiger charge is 2.28. The van der Waals surface area contributed by atoms with Crippen molar-refractivity contribution in [1.29, 1.82) is 0 Å². The van der Waals surface area contributed by atoms with Crippen molar-refractivity contribution in [1.82, 2.24) is 16.0 Å². The van der Waals surface area contributed by atoms with Crippen LogP contribution in [0.2, 0.25) is 0 Å². The molecular formula is C20H30N4O6. The Bertz CT molecular complexity index is 733. The second-order valence-electron chi connectivity index (χ2n) is 7.72. The SMILES string of the molecule is CC(C)(C)OC(=O)NC(Cc1ccccc1)C(=O)NC(CCCNC(N)=O)C(=O)O. The maximum atomic E-state index is 12.8. The molecule has 0 aliphatic carbocycles. The highest BCUT2D eigenvalue weighted by molar-refractivity contribution is 5.89. The van der Waals surface area contributed by atoms with E-state index in [1.54, 1.807) is 45.0 Å². The second-order valence-corrected chi connectivity index (χ2v) is 7.72. The van der Waals surface area contributed by atoms with Crippen LogP contribution in [0, 0.1) is 0 Å². The third-order valence-electron chi connectivity index (χ3n) is 3.87. The molecular weight excluding hydrogens is 392 g/mol. The summed E-state index contributed by atoms with van der Waals surface area (Å²) in [5.74, 6) is -1.88. The molecule has 0 aromatic heterocycles. The van der Waals surface area contributed by atoms with E-state index < -0.39 is 41.7 Å². The summed E-state index contributed by atoms with van der Waals surface area (Å²) in [6.45, 7) is 5.26. The molecule has 2 unspecified atom stereocenters. The minimum atomic E-state index is -1.22. The van der Waals surface area contributed by atoms with Crippen molar-refractivity contribution in [3.8, 4) is 0 Å². The van der Waals surface area contributed by atoms with Gasteiger partial charge in [-0.25, -0.2) is 14.4 Å². The molecule has 30 heavy (non-hydrogen) atoms. The van der Waals surface area contributed by atoms with Crippen molar-refractivity contribution < 1.29 is 29.0 Å². The van der Waals surface area contributed by atoms with Crippen LogP contribution in [-0.4, -0.2) is 53.3 Å². The van der Waals surface area contributed by atoms with Crippen LogP contribution in [0.3, 0.4) is 0 Å². The Labute approximate surface area is 175 Å². The molecule has 0 bridgehead atoms. The van der Waals surface area contributed by atoms with Gasteiger partial charge in [-0.2, -0.15) is 0 Å². The number of ether oxygens (including phenoxy) is 1. The summed E-state index contributed by atoms with van der Waals surface area (Å²) in [6.07, 6.45) is -0.257. The van der Waals surface area contributed by atoms with Crippen LogP contribution in [0.15, 0.2) is 30.3 Å². The molecule has 6 N–H and O–H groups in total. The summed E-state index contributed by atoms with van der Waals surface area (Å²) < 4.78 is 5.21. The Balaban J connectivity index is 2.83. The van der Waals surface area contributed by atoms with Crippen molar-refractivity contribution >= 4 is 24.0 Å². The fraction of sp³-hybridized carbons (Fsp3) is 0.500. The Morgan fingerprint density at radius 1 is 1.07 bits per heavy atom. The lowest BCUT2D eigenvalue weighted by molar-refractivity contribution is -0.142. The summed E-state index contributed by atoms with van der Waals surface area (Å²) in [6, 6.07) is 6.06. The molecule has 0 aliphatic heterocycles. The van der Waals surface area contributed by atoms with E-state index in [1.807, 2.05) is 6.07 Å². The van der Waals surface area contributed by atoms with Gasteiger partial charge in [-0.15, -0.1) is 0 Å². The van der Waals surface area contributed by atoms with Gasteiger partial charge in [0.2, 0.25) is 5.91 Å². The van der Waals surface area contributed by atoms with Crippen LogP contribution in [-0.2, 0) is 20.7 Å². The number of benzene rings is 1. The van der Waals surface area contributed by atoms with Gasteiger partial charge in [0, 0.05) is 13.0 Å². The highest BCUT2D eigenvalue weighted by atomic mass is 16.6. The minimum absolute atomic E-state index is 0.0752. The number of amides is 4. The van der Waals surface area contributed by atoms with E-state index in [9.17, 15) is 24.3 Å². The average molecular weight is 422 g/mol. The van der Waals surface area contributed by atoms with Crippen molar-refractivity contribution in [2.24, 2.45) is 5.73 Å². The second kappa shape index (κ2) is 11.6. The van der Waals surface area contributed by atoms with E-state index in [-0.39, 0.29) is 19.4 Å². The molecule has 1 aromatic rings. The molecule has 0 radical (unpaired) electrons. The van der Waals surface area contributed by atoms with Crippen LogP contribution < -0.4 is 21.7 Å².